The van der Waals surface area contributed by atoms with Gasteiger partial charge < -0.3 is 19.5 Å². The maximum Gasteiger partial charge on any atom is 0.243 e. The van der Waals surface area contributed by atoms with Crippen molar-refractivity contribution < 1.29 is 27.4 Å². The molecule has 2 aliphatic rings. The third kappa shape index (κ3) is 5.99. The number of fused-ring (bicyclic) bond motifs is 1. The number of carbonyl (C=O) groups excluding carboxylic acids is 1. The van der Waals surface area contributed by atoms with Gasteiger partial charge in [0.15, 0.2) is 11.5 Å². The second kappa shape index (κ2) is 10.6. The van der Waals surface area contributed by atoms with E-state index in [1.807, 2.05) is 12.1 Å². The van der Waals surface area contributed by atoms with E-state index in [2.05, 4.69) is 22.3 Å². The van der Waals surface area contributed by atoms with E-state index in [0.717, 1.165) is 54.5 Å². The number of benzene rings is 2. The lowest BCUT2D eigenvalue weighted by Crippen LogP contribution is -2.47. The minimum Gasteiger partial charge on any atom is -0.486 e. The molecule has 1 atom stereocenters. The van der Waals surface area contributed by atoms with Crippen molar-refractivity contribution in [1.82, 2.24) is 10.2 Å². The van der Waals surface area contributed by atoms with Crippen molar-refractivity contribution in [2.75, 3.05) is 50.1 Å². The molecule has 0 spiro atoms. The highest BCUT2D eigenvalue weighted by Gasteiger charge is 2.30. The van der Waals surface area contributed by atoms with E-state index in [1.165, 1.54) is 0 Å². The van der Waals surface area contributed by atoms with Crippen LogP contribution in [0, 0.1) is 0 Å². The lowest BCUT2D eigenvalue weighted by molar-refractivity contribution is -0.122. The lowest BCUT2D eigenvalue weighted by Gasteiger charge is -2.29. The van der Waals surface area contributed by atoms with Gasteiger partial charge in [-0.25, -0.2) is 8.42 Å². The molecule has 1 saturated heterocycles. The first-order chi connectivity index (χ1) is 16.3. The summed E-state index contributed by atoms with van der Waals surface area (Å²) < 4.78 is 42.8. The molecule has 2 aliphatic heterocycles. The molecule has 1 amide bonds. The summed E-state index contributed by atoms with van der Waals surface area (Å²) in [5.41, 5.74) is 2.47. The Bertz CT molecular complexity index is 1120. The number of ether oxygens (including phenoxy) is 3. The molecule has 0 aromatic heterocycles. The van der Waals surface area contributed by atoms with Crippen LogP contribution in [0.4, 0.5) is 5.69 Å². The molecule has 1 unspecified atom stereocenters. The Morgan fingerprint density at radius 1 is 1.03 bits per heavy atom. The van der Waals surface area contributed by atoms with E-state index in [4.69, 9.17) is 14.2 Å². The maximum atomic E-state index is 13.0. The number of amides is 1. The summed E-state index contributed by atoms with van der Waals surface area (Å²) in [6, 6.07) is 12.0. The molecule has 1 fully saturated rings. The fraction of sp³-hybridized carbons (Fsp3) is 0.458. The Morgan fingerprint density at radius 2 is 1.74 bits per heavy atom. The van der Waals surface area contributed by atoms with Crippen LogP contribution in [0.3, 0.4) is 0 Å². The Kier molecular flexibility index (Phi) is 7.60. The van der Waals surface area contributed by atoms with E-state index in [-0.39, 0.29) is 5.91 Å². The molecule has 9 nitrogen and oxygen atoms in total. The number of hydrogen-bond acceptors (Lipinski definition) is 7. The van der Waals surface area contributed by atoms with Gasteiger partial charge in [0.1, 0.15) is 19.3 Å². The summed E-state index contributed by atoms with van der Waals surface area (Å²) in [5, 5.41) is 2.88. The Labute approximate surface area is 200 Å². The summed E-state index contributed by atoms with van der Waals surface area (Å²) >= 11 is 0. The van der Waals surface area contributed by atoms with Crippen molar-refractivity contribution in [2.45, 2.75) is 26.1 Å². The van der Waals surface area contributed by atoms with E-state index < -0.39 is 16.1 Å². The second-order valence-electron chi connectivity index (χ2n) is 8.49. The Morgan fingerprint density at radius 3 is 2.47 bits per heavy atom. The lowest BCUT2D eigenvalue weighted by atomic mass is 10.1. The highest BCUT2D eigenvalue weighted by molar-refractivity contribution is 7.92. The third-order valence-electron chi connectivity index (χ3n) is 5.84. The maximum absolute atomic E-state index is 13.0. The fourth-order valence-electron chi connectivity index (χ4n) is 4.17. The van der Waals surface area contributed by atoms with Crippen molar-refractivity contribution in [3.63, 3.8) is 0 Å². The van der Waals surface area contributed by atoms with Crippen molar-refractivity contribution in [3.05, 3.63) is 53.6 Å². The predicted molar refractivity (Wildman–Crippen MR) is 129 cm³/mol. The average Bonchev–Trinajstić information content (AvgIpc) is 2.82. The number of nitrogens with one attached hydrogen (secondary N) is 1. The van der Waals surface area contributed by atoms with Gasteiger partial charge in [-0.05, 0) is 30.2 Å². The van der Waals surface area contributed by atoms with Crippen LogP contribution in [0.5, 0.6) is 11.5 Å². The first-order valence-electron chi connectivity index (χ1n) is 11.4. The normalized spacial score (nSPS) is 17.1. The van der Waals surface area contributed by atoms with E-state index in [0.29, 0.717) is 36.9 Å². The van der Waals surface area contributed by atoms with Gasteiger partial charge in [0.2, 0.25) is 15.9 Å². The largest absolute Gasteiger partial charge is 0.486 e. The summed E-state index contributed by atoms with van der Waals surface area (Å²) in [6.07, 6.45) is 1.09. The van der Waals surface area contributed by atoms with Crippen LogP contribution in [-0.4, -0.2) is 71.0 Å². The molecular formula is C24H31N3O6S. The number of rotatable bonds is 8. The van der Waals surface area contributed by atoms with E-state index >= 15 is 0 Å². The molecule has 2 aromatic rings. The molecule has 184 valence electrons. The molecule has 10 heteroatoms. The van der Waals surface area contributed by atoms with E-state index in [1.54, 1.807) is 25.1 Å². The number of hydrogen-bond donors (Lipinski definition) is 1. The summed E-state index contributed by atoms with van der Waals surface area (Å²) in [6.45, 7) is 6.82. The fourth-order valence-corrected chi connectivity index (χ4v) is 5.34. The highest BCUT2D eigenvalue weighted by Crippen LogP contribution is 2.35. The minimum atomic E-state index is -3.73. The SMILES string of the molecule is CC(C(=O)NCc1cccc(CN2CCOCC2)c1)N(c1ccc2c(c1)OCCO2)S(C)(=O)=O. The molecule has 0 radical (unpaired) electrons. The number of nitrogens with zero attached hydrogens (tertiary/aromatic N) is 2. The number of sulfonamides is 1. The van der Waals surface area contributed by atoms with Crippen LogP contribution in [0.25, 0.3) is 0 Å². The van der Waals surface area contributed by atoms with Crippen LogP contribution in [0.15, 0.2) is 42.5 Å². The Balaban J connectivity index is 1.43. The summed E-state index contributed by atoms with van der Waals surface area (Å²) in [4.78, 5) is 15.3. The number of carbonyl (C=O) groups is 1. The predicted octanol–water partition coefficient (Wildman–Crippen LogP) is 1.76. The van der Waals surface area contributed by atoms with Crippen LogP contribution in [0.2, 0.25) is 0 Å². The zero-order chi connectivity index (χ0) is 24.1. The number of morpholine rings is 1. The van der Waals surface area contributed by atoms with E-state index in [9.17, 15) is 13.2 Å². The van der Waals surface area contributed by atoms with Crippen molar-refractivity contribution in [1.29, 1.82) is 0 Å². The van der Waals surface area contributed by atoms with Crippen LogP contribution in [0.1, 0.15) is 18.1 Å². The molecule has 34 heavy (non-hydrogen) atoms. The van der Waals surface area contributed by atoms with Gasteiger partial charge in [0, 0.05) is 32.2 Å². The third-order valence-corrected chi connectivity index (χ3v) is 7.08. The molecule has 2 aromatic carbocycles. The summed E-state index contributed by atoms with van der Waals surface area (Å²) in [7, 11) is -3.73. The van der Waals surface area contributed by atoms with Gasteiger partial charge in [-0.3, -0.25) is 14.0 Å². The molecule has 4 rings (SSSR count). The van der Waals surface area contributed by atoms with Crippen LogP contribution in [-0.2, 0) is 32.6 Å². The van der Waals surface area contributed by atoms with Crippen molar-refractivity contribution in [3.8, 4) is 11.5 Å². The molecule has 2 heterocycles. The molecule has 0 saturated carbocycles. The van der Waals surface area contributed by atoms with Crippen molar-refractivity contribution >= 4 is 21.6 Å². The van der Waals surface area contributed by atoms with Crippen LogP contribution < -0.4 is 19.1 Å². The molecule has 0 aliphatic carbocycles. The van der Waals surface area contributed by atoms with Crippen LogP contribution >= 0.6 is 0 Å². The monoisotopic (exact) mass is 489 g/mol. The zero-order valence-electron chi connectivity index (χ0n) is 19.5. The van der Waals surface area contributed by atoms with Gasteiger partial charge in [-0.1, -0.05) is 24.3 Å². The van der Waals surface area contributed by atoms with Gasteiger partial charge >= 0.3 is 0 Å². The Hall–Kier alpha value is -2.82. The van der Waals surface area contributed by atoms with Gasteiger partial charge in [-0.2, -0.15) is 0 Å². The average molecular weight is 490 g/mol. The topological polar surface area (TPSA) is 97.4 Å². The van der Waals surface area contributed by atoms with Gasteiger partial charge in [0.05, 0.1) is 25.2 Å². The standard InChI is InChI=1S/C24H31N3O6S/c1-18(27(34(2,29)30)21-6-7-22-23(15-21)33-13-12-32-22)24(28)25-16-19-4-3-5-20(14-19)17-26-8-10-31-11-9-26/h3-7,14-15,18H,8-13,16-17H2,1-2H3,(H,25,28). The second-order valence-corrected chi connectivity index (χ2v) is 10.3. The summed E-state index contributed by atoms with van der Waals surface area (Å²) in [5.74, 6) is 0.624. The molecular weight excluding hydrogens is 458 g/mol. The number of anilines is 1. The smallest absolute Gasteiger partial charge is 0.243 e. The minimum absolute atomic E-state index is 0.304. The molecule has 0 bridgehead atoms. The highest BCUT2D eigenvalue weighted by atomic mass is 32.2. The van der Waals surface area contributed by atoms with Gasteiger partial charge in [-0.15, -0.1) is 0 Å². The van der Waals surface area contributed by atoms with Crippen molar-refractivity contribution in [2.24, 2.45) is 0 Å². The quantitative estimate of drug-likeness (QED) is 0.604. The zero-order valence-corrected chi connectivity index (χ0v) is 20.3. The first-order valence-corrected chi connectivity index (χ1v) is 13.2. The molecule has 1 N–H and O–H groups in total. The van der Waals surface area contributed by atoms with Gasteiger partial charge in [0.25, 0.3) is 0 Å². The first kappa shape index (κ1) is 24.3.